The summed E-state index contributed by atoms with van der Waals surface area (Å²) in [7, 11) is 0. The van der Waals surface area contributed by atoms with Crippen molar-refractivity contribution in [2.45, 2.75) is 49.2 Å². The van der Waals surface area contributed by atoms with Crippen LogP contribution >= 0.6 is 11.8 Å². The second kappa shape index (κ2) is 6.35. The van der Waals surface area contributed by atoms with Crippen molar-refractivity contribution < 1.29 is 4.79 Å². The summed E-state index contributed by atoms with van der Waals surface area (Å²) in [5, 5.41) is 12.7. The van der Waals surface area contributed by atoms with Crippen LogP contribution in [0, 0.1) is 0 Å². The summed E-state index contributed by atoms with van der Waals surface area (Å²) in [5.41, 5.74) is 0.847. The number of hydrogen-bond acceptors (Lipinski definition) is 4. The van der Waals surface area contributed by atoms with E-state index in [0.29, 0.717) is 18.4 Å². The lowest BCUT2D eigenvalue weighted by molar-refractivity contribution is -0.115. The number of anilines is 1. The molecule has 2 aliphatic carbocycles. The van der Waals surface area contributed by atoms with E-state index in [0.717, 1.165) is 16.6 Å². The average Bonchev–Trinajstić information content (AvgIpc) is 3.48. The monoisotopic (exact) mass is 328 g/mol. The van der Waals surface area contributed by atoms with E-state index in [1.165, 1.54) is 31.5 Å². The summed E-state index contributed by atoms with van der Waals surface area (Å²) in [6, 6.07) is 10.2. The fourth-order valence-corrected chi connectivity index (χ4v) is 3.61. The van der Waals surface area contributed by atoms with Gasteiger partial charge in [-0.15, -0.1) is 10.2 Å². The molecule has 1 aromatic carbocycles. The molecule has 0 atom stereocenters. The van der Waals surface area contributed by atoms with Gasteiger partial charge in [-0.25, -0.2) is 0 Å². The number of benzene rings is 1. The van der Waals surface area contributed by atoms with E-state index in [9.17, 15) is 4.79 Å². The Labute approximate surface area is 139 Å². The van der Waals surface area contributed by atoms with Crippen molar-refractivity contribution in [1.82, 2.24) is 14.8 Å². The molecular weight excluding hydrogens is 308 g/mol. The van der Waals surface area contributed by atoms with Gasteiger partial charge in [0.2, 0.25) is 5.91 Å². The molecule has 0 bridgehead atoms. The lowest BCUT2D eigenvalue weighted by atomic mass is 10.3. The molecule has 0 aliphatic heterocycles. The Morgan fingerprint density at radius 3 is 2.65 bits per heavy atom. The van der Waals surface area contributed by atoms with Crippen LogP contribution in [-0.2, 0) is 4.79 Å². The molecule has 0 spiro atoms. The standard InChI is InChI=1S/C17H20N4OS/c22-15(18-13-4-2-1-3-5-13)10-11-23-17-20-19-16(12-6-7-12)21(17)14-8-9-14/h1-5,12,14H,6-11H2,(H,18,22). The quantitative estimate of drug-likeness (QED) is 0.789. The minimum Gasteiger partial charge on any atom is -0.326 e. The Bertz CT molecular complexity index is 692. The van der Waals surface area contributed by atoms with Crippen LogP contribution < -0.4 is 5.32 Å². The summed E-state index contributed by atoms with van der Waals surface area (Å²) < 4.78 is 2.33. The van der Waals surface area contributed by atoms with Crippen LogP contribution in [0.1, 0.15) is 49.9 Å². The molecule has 2 aliphatic rings. The maximum absolute atomic E-state index is 12.0. The first kappa shape index (κ1) is 14.8. The molecule has 120 valence electrons. The minimum atomic E-state index is 0.0450. The van der Waals surface area contributed by atoms with E-state index in [-0.39, 0.29) is 5.91 Å². The van der Waals surface area contributed by atoms with Gasteiger partial charge in [0.15, 0.2) is 5.16 Å². The van der Waals surface area contributed by atoms with Crippen molar-refractivity contribution in [3.05, 3.63) is 36.2 Å². The van der Waals surface area contributed by atoms with E-state index >= 15 is 0 Å². The van der Waals surface area contributed by atoms with Crippen molar-refractivity contribution in [3.8, 4) is 0 Å². The molecule has 0 radical (unpaired) electrons. The average molecular weight is 328 g/mol. The van der Waals surface area contributed by atoms with Gasteiger partial charge in [0.1, 0.15) is 5.82 Å². The fraction of sp³-hybridized carbons (Fsp3) is 0.471. The molecule has 2 saturated carbocycles. The number of thioether (sulfide) groups is 1. The van der Waals surface area contributed by atoms with Crippen LogP contribution in [0.5, 0.6) is 0 Å². The van der Waals surface area contributed by atoms with Crippen molar-refractivity contribution in [2.75, 3.05) is 11.1 Å². The Morgan fingerprint density at radius 1 is 1.17 bits per heavy atom. The highest BCUT2D eigenvalue weighted by molar-refractivity contribution is 7.99. The first-order valence-corrected chi connectivity index (χ1v) is 9.22. The Hall–Kier alpha value is -1.82. The van der Waals surface area contributed by atoms with Crippen molar-refractivity contribution in [1.29, 1.82) is 0 Å². The minimum absolute atomic E-state index is 0.0450. The van der Waals surface area contributed by atoms with Crippen LogP contribution in [0.4, 0.5) is 5.69 Å². The molecular formula is C17H20N4OS. The summed E-state index contributed by atoms with van der Waals surface area (Å²) in [6.07, 6.45) is 5.44. The van der Waals surface area contributed by atoms with Gasteiger partial charge in [-0.2, -0.15) is 0 Å². The lowest BCUT2D eigenvalue weighted by Crippen LogP contribution is -2.12. The highest BCUT2D eigenvalue weighted by Gasteiger charge is 2.36. The first-order chi connectivity index (χ1) is 11.3. The third kappa shape index (κ3) is 3.58. The number of carbonyl (C=O) groups is 1. The molecule has 2 aromatic rings. The predicted octanol–water partition coefficient (Wildman–Crippen LogP) is 3.61. The smallest absolute Gasteiger partial charge is 0.225 e. The van der Waals surface area contributed by atoms with Crippen molar-refractivity contribution >= 4 is 23.4 Å². The molecule has 2 fully saturated rings. The molecule has 6 heteroatoms. The number of nitrogens with one attached hydrogen (secondary N) is 1. The van der Waals surface area contributed by atoms with Gasteiger partial charge in [-0.3, -0.25) is 4.79 Å². The second-order valence-electron chi connectivity index (χ2n) is 6.23. The zero-order chi connectivity index (χ0) is 15.6. The fourth-order valence-electron chi connectivity index (χ4n) is 2.66. The SMILES string of the molecule is O=C(CCSc1nnc(C2CC2)n1C1CC1)Nc1ccccc1. The van der Waals surface area contributed by atoms with Crippen LogP contribution in [-0.4, -0.2) is 26.4 Å². The van der Waals surface area contributed by atoms with E-state index in [4.69, 9.17) is 0 Å². The Balaban J connectivity index is 1.32. The van der Waals surface area contributed by atoms with Crippen LogP contribution in [0.15, 0.2) is 35.5 Å². The van der Waals surface area contributed by atoms with Crippen LogP contribution in [0.25, 0.3) is 0 Å². The predicted molar refractivity (Wildman–Crippen MR) is 90.7 cm³/mol. The molecule has 1 heterocycles. The third-order valence-electron chi connectivity index (χ3n) is 4.16. The molecule has 1 amide bonds. The highest BCUT2D eigenvalue weighted by atomic mass is 32.2. The second-order valence-corrected chi connectivity index (χ2v) is 7.29. The van der Waals surface area contributed by atoms with Crippen molar-refractivity contribution in [3.63, 3.8) is 0 Å². The summed E-state index contributed by atoms with van der Waals surface area (Å²) in [4.78, 5) is 12.0. The topological polar surface area (TPSA) is 59.8 Å². The van der Waals surface area contributed by atoms with Gasteiger partial charge in [0.25, 0.3) is 0 Å². The maximum Gasteiger partial charge on any atom is 0.225 e. The number of rotatable bonds is 7. The summed E-state index contributed by atoms with van der Waals surface area (Å²) in [6.45, 7) is 0. The number of carbonyl (C=O) groups excluding carboxylic acids is 1. The zero-order valence-electron chi connectivity index (χ0n) is 12.9. The molecule has 5 nitrogen and oxygen atoms in total. The number of amides is 1. The molecule has 1 aromatic heterocycles. The number of aromatic nitrogens is 3. The van der Waals surface area contributed by atoms with E-state index in [1.807, 2.05) is 30.3 Å². The normalized spacial score (nSPS) is 17.2. The lowest BCUT2D eigenvalue weighted by Gasteiger charge is -2.08. The molecule has 0 saturated heterocycles. The Morgan fingerprint density at radius 2 is 1.96 bits per heavy atom. The number of hydrogen-bond donors (Lipinski definition) is 1. The third-order valence-corrected chi connectivity index (χ3v) is 5.11. The zero-order valence-corrected chi connectivity index (χ0v) is 13.8. The van der Waals surface area contributed by atoms with E-state index in [2.05, 4.69) is 20.1 Å². The highest BCUT2D eigenvalue weighted by Crippen LogP contribution is 2.46. The maximum atomic E-state index is 12.0. The van der Waals surface area contributed by atoms with E-state index < -0.39 is 0 Å². The molecule has 1 N–H and O–H groups in total. The van der Waals surface area contributed by atoms with Gasteiger partial charge < -0.3 is 9.88 Å². The summed E-state index contributed by atoms with van der Waals surface area (Å²) >= 11 is 1.65. The van der Waals surface area contributed by atoms with Gasteiger partial charge >= 0.3 is 0 Å². The molecule has 23 heavy (non-hydrogen) atoms. The van der Waals surface area contributed by atoms with Gasteiger partial charge in [0, 0.05) is 29.8 Å². The molecule has 0 unspecified atom stereocenters. The molecule has 4 rings (SSSR count). The van der Waals surface area contributed by atoms with Crippen molar-refractivity contribution in [2.24, 2.45) is 0 Å². The van der Waals surface area contributed by atoms with Crippen LogP contribution in [0.2, 0.25) is 0 Å². The summed E-state index contributed by atoms with van der Waals surface area (Å²) in [5.74, 6) is 2.57. The van der Waals surface area contributed by atoms with E-state index in [1.54, 1.807) is 11.8 Å². The van der Waals surface area contributed by atoms with Crippen LogP contribution in [0.3, 0.4) is 0 Å². The number of nitrogens with zero attached hydrogens (tertiary/aromatic N) is 3. The Kier molecular flexibility index (Phi) is 4.08. The van der Waals surface area contributed by atoms with Gasteiger partial charge in [-0.1, -0.05) is 30.0 Å². The van der Waals surface area contributed by atoms with Gasteiger partial charge in [-0.05, 0) is 37.8 Å². The first-order valence-electron chi connectivity index (χ1n) is 8.24. The number of para-hydroxylation sites is 1. The van der Waals surface area contributed by atoms with Gasteiger partial charge in [0.05, 0.1) is 0 Å². The largest absolute Gasteiger partial charge is 0.326 e.